The van der Waals surface area contributed by atoms with E-state index in [-0.39, 0.29) is 13.1 Å². The number of amides is 2. The van der Waals surface area contributed by atoms with Crippen molar-refractivity contribution in [2.45, 2.75) is 19.9 Å². The maximum atomic E-state index is 11.9. The second-order valence-corrected chi connectivity index (χ2v) is 5.46. The fraction of sp³-hybridized carbons (Fsp3) is 0.438. The van der Waals surface area contributed by atoms with Crippen LogP contribution in [0.1, 0.15) is 12.5 Å². The monoisotopic (exact) mass is 337 g/mol. The lowest BCUT2D eigenvalue weighted by Gasteiger charge is -2.20. The van der Waals surface area contributed by atoms with E-state index in [4.69, 9.17) is 9.84 Å². The minimum atomic E-state index is -1.02. The van der Waals surface area contributed by atoms with Crippen LogP contribution in [0.4, 0.5) is 5.69 Å². The normalized spacial score (nSPS) is 11.7. The zero-order valence-corrected chi connectivity index (χ0v) is 14.3. The van der Waals surface area contributed by atoms with Gasteiger partial charge >= 0.3 is 5.97 Å². The van der Waals surface area contributed by atoms with Crippen LogP contribution < -0.4 is 15.4 Å². The van der Waals surface area contributed by atoms with Crippen LogP contribution in [-0.2, 0) is 14.4 Å². The number of carboxylic acid groups (broad SMARTS) is 1. The van der Waals surface area contributed by atoms with Gasteiger partial charge in [-0.3, -0.25) is 19.3 Å². The second-order valence-electron chi connectivity index (χ2n) is 5.46. The van der Waals surface area contributed by atoms with Gasteiger partial charge in [-0.25, -0.2) is 0 Å². The van der Waals surface area contributed by atoms with Crippen LogP contribution in [0.25, 0.3) is 0 Å². The molecule has 0 saturated heterocycles. The highest BCUT2D eigenvalue weighted by Gasteiger charge is 2.19. The molecule has 1 unspecified atom stereocenters. The summed E-state index contributed by atoms with van der Waals surface area (Å²) >= 11 is 0. The Kier molecular flexibility index (Phi) is 7.19. The van der Waals surface area contributed by atoms with E-state index >= 15 is 0 Å². The number of methoxy groups -OCH3 is 1. The Labute approximate surface area is 140 Å². The summed E-state index contributed by atoms with van der Waals surface area (Å²) in [6, 6.07) is 4.57. The van der Waals surface area contributed by atoms with E-state index in [1.807, 2.05) is 13.0 Å². The fourth-order valence-electron chi connectivity index (χ4n) is 1.90. The van der Waals surface area contributed by atoms with Crippen molar-refractivity contribution in [1.29, 1.82) is 0 Å². The Bertz CT molecular complexity index is 618. The van der Waals surface area contributed by atoms with Gasteiger partial charge in [0.15, 0.2) is 0 Å². The van der Waals surface area contributed by atoms with Gasteiger partial charge in [-0.15, -0.1) is 0 Å². The molecule has 2 amide bonds. The van der Waals surface area contributed by atoms with Gasteiger partial charge in [0, 0.05) is 0 Å². The summed E-state index contributed by atoms with van der Waals surface area (Å²) < 4.78 is 5.16. The van der Waals surface area contributed by atoms with Gasteiger partial charge in [0.1, 0.15) is 11.8 Å². The third-order valence-electron chi connectivity index (χ3n) is 3.49. The summed E-state index contributed by atoms with van der Waals surface area (Å²) in [4.78, 5) is 35.9. The Hall–Kier alpha value is -2.61. The smallest absolute Gasteiger partial charge is 0.320 e. The SMILES string of the molecule is COc1ccc(C)cc1NC(=O)CNC(=O)CN(C)C(C)C(=O)O. The number of anilines is 1. The minimum Gasteiger partial charge on any atom is -0.495 e. The first kappa shape index (κ1) is 19.4. The predicted molar refractivity (Wildman–Crippen MR) is 89.1 cm³/mol. The maximum Gasteiger partial charge on any atom is 0.320 e. The van der Waals surface area contributed by atoms with Gasteiger partial charge in [-0.1, -0.05) is 6.07 Å². The minimum absolute atomic E-state index is 0.117. The summed E-state index contributed by atoms with van der Waals surface area (Å²) in [5.41, 5.74) is 1.48. The Morgan fingerprint density at radius 3 is 2.54 bits per heavy atom. The maximum absolute atomic E-state index is 11.9. The third-order valence-corrected chi connectivity index (χ3v) is 3.49. The fourth-order valence-corrected chi connectivity index (χ4v) is 1.90. The van der Waals surface area contributed by atoms with Crippen LogP contribution in [0.3, 0.4) is 0 Å². The van der Waals surface area contributed by atoms with Gasteiger partial charge in [-0.05, 0) is 38.6 Å². The number of hydrogen-bond acceptors (Lipinski definition) is 5. The average Bonchev–Trinajstić information content (AvgIpc) is 2.52. The van der Waals surface area contributed by atoms with Gasteiger partial charge in [-0.2, -0.15) is 0 Å². The van der Waals surface area contributed by atoms with Gasteiger partial charge in [0.05, 0.1) is 25.9 Å². The van der Waals surface area contributed by atoms with Gasteiger partial charge < -0.3 is 20.5 Å². The van der Waals surface area contributed by atoms with E-state index in [1.54, 1.807) is 12.1 Å². The first-order chi connectivity index (χ1) is 11.2. The van der Waals surface area contributed by atoms with Crippen LogP contribution in [0.5, 0.6) is 5.75 Å². The van der Waals surface area contributed by atoms with Crippen LogP contribution in [0.2, 0.25) is 0 Å². The van der Waals surface area contributed by atoms with Crippen LogP contribution in [-0.4, -0.2) is 61.1 Å². The van der Waals surface area contributed by atoms with Crippen LogP contribution in [0, 0.1) is 6.92 Å². The summed E-state index contributed by atoms with van der Waals surface area (Å²) in [7, 11) is 3.03. The van der Waals surface area contributed by atoms with Crippen molar-refractivity contribution in [2.24, 2.45) is 0 Å². The number of carbonyl (C=O) groups is 3. The molecule has 1 aromatic rings. The van der Waals surface area contributed by atoms with Crippen molar-refractivity contribution in [3.8, 4) is 5.75 Å². The molecule has 0 bridgehead atoms. The van der Waals surface area contributed by atoms with E-state index in [2.05, 4.69) is 10.6 Å². The van der Waals surface area contributed by atoms with Crippen LogP contribution >= 0.6 is 0 Å². The molecule has 0 aliphatic heterocycles. The molecular formula is C16H23N3O5. The first-order valence-electron chi connectivity index (χ1n) is 7.38. The zero-order chi connectivity index (χ0) is 18.3. The lowest BCUT2D eigenvalue weighted by molar-refractivity contribution is -0.142. The Balaban J connectivity index is 2.50. The molecule has 132 valence electrons. The highest BCUT2D eigenvalue weighted by molar-refractivity contribution is 5.96. The largest absolute Gasteiger partial charge is 0.495 e. The number of aliphatic carboxylic acids is 1. The molecule has 0 fully saturated rings. The first-order valence-corrected chi connectivity index (χ1v) is 7.38. The molecule has 1 rings (SSSR count). The Morgan fingerprint density at radius 1 is 1.29 bits per heavy atom. The van der Waals surface area contributed by atoms with E-state index in [0.29, 0.717) is 11.4 Å². The number of likely N-dealkylation sites (N-methyl/N-ethyl adjacent to an activating group) is 1. The van der Waals surface area contributed by atoms with Crippen molar-refractivity contribution in [2.75, 3.05) is 32.6 Å². The summed E-state index contributed by atoms with van der Waals surface area (Å²) in [6.45, 7) is 3.03. The van der Waals surface area contributed by atoms with Crippen molar-refractivity contribution >= 4 is 23.5 Å². The molecule has 0 spiro atoms. The number of benzene rings is 1. The summed E-state index contributed by atoms with van der Waals surface area (Å²) in [6.07, 6.45) is 0. The highest BCUT2D eigenvalue weighted by atomic mass is 16.5. The molecule has 8 nitrogen and oxygen atoms in total. The lowest BCUT2D eigenvalue weighted by Crippen LogP contribution is -2.44. The van der Waals surface area contributed by atoms with E-state index in [9.17, 15) is 14.4 Å². The molecule has 1 aromatic carbocycles. The van der Waals surface area contributed by atoms with E-state index in [0.717, 1.165) is 5.56 Å². The molecule has 0 aliphatic rings. The number of carbonyl (C=O) groups excluding carboxylic acids is 2. The quantitative estimate of drug-likeness (QED) is 0.636. The van der Waals surface area contributed by atoms with Crippen molar-refractivity contribution in [3.63, 3.8) is 0 Å². The third kappa shape index (κ3) is 5.88. The molecule has 0 aliphatic carbocycles. The molecule has 3 N–H and O–H groups in total. The standard InChI is InChI=1S/C16H23N3O5/c1-10-5-6-13(24-4)12(7-10)18-14(20)8-17-15(21)9-19(3)11(2)16(22)23/h5-7,11H,8-9H2,1-4H3,(H,17,21)(H,18,20)(H,22,23). The molecule has 0 saturated carbocycles. The number of carboxylic acids is 1. The highest BCUT2D eigenvalue weighted by Crippen LogP contribution is 2.24. The van der Waals surface area contributed by atoms with Gasteiger partial charge in [0.25, 0.3) is 0 Å². The van der Waals surface area contributed by atoms with Crippen molar-refractivity contribution < 1.29 is 24.2 Å². The molecule has 0 aromatic heterocycles. The van der Waals surface area contributed by atoms with Crippen molar-refractivity contribution in [3.05, 3.63) is 23.8 Å². The van der Waals surface area contributed by atoms with Crippen LogP contribution in [0.15, 0.2) is 18.2 Å². The number of nitrogens with one attached hydrogen (secondary N) is 2. The summed E-state index contributed by atoms with van der Waals surface area (Å²) in [5, 5.41) is 14.0. The number of ether oxygens (including phenoxy) is 1. The number of aryl methyl sites for hydroxylation is 1. The second kappa shape index (κ2) is 8.88. The molecule has 24 heavy (non-hydrogen) atoms. The molecule has 0 heterocycles. The van der Waals surface area contributed by atoms with Gasteiger partial charge in [0.2, 0.25) is 11.8 Å². The molecule has 0 radical (unpaired) electrons. The number of nitrogens with zero attached hydrogens (tertiary/aromatic N) is 1. The number of hydrogen-bond donors (Lipinski definition) is 3. The summed E-state index contributed by atoms with van der Waals surface area (Å²) in [5.74, 6) is -1.33. The average molecular weight is 337 g/mol. The number of rotatable bonds is 8. The molecule has 1 atom stereocenters. The van der Waals surface area contributed by atoms with E-state index in [1.165, 1.54) is 26.0 Å². The van der Waals surface area contributed by atoms with E-state index < -0.39 is 23.8 Å². The molecular weight excluding hydrogens is 314 g/mol. The van der Waals surface area contributed by atoms with Crippen molar-refractivity contribution in [1.82, 2.24) is 10.2 Å². The lowest BCUT2D eigenvalue weighted by atomic mass is 10.2. The Morgan fingerprint density at radius 2 is 1.96 bits per heavy atom. The predicted octanol–water partition coefficient (Wildman–Crippen LogP) is 0.463. The molecule has 8 heteroatoms. The zero-order valence-electron chi connectivity index (χ0n) is 14.3. The topological polar surface area (TPSA) is 108 Å².